The normalized spacial score (nSPS) is 20.3. The predicted octanol–water partition coefficient (Wildman–Crippen LogP) is 1.66. The molecule has 0 bridgehead atoms. The lowest BCUT2D eigenvalue weighted by Gasteiger charge is -2.38. The number of hydrogen-bond donors (Lipinski definition) is 1. The number of likely N-dealkylation sites (tertiary alicyclic amines) is 1. The maximum Gasteiger partial charge on any atom is 0.122 e. The summed E-state index contributed by atoms with van der Waals surface area (Å²) in [6, 6.07) is 6.44. The number of fused-ring (bicyclic) bond motifs is 1. The van der Waals surface area contributed by atoms with Crippen molar-refractivity contribution in [1.29, 1.82) is 0 Å². The first-order valence-electron chi connectivity index (χ1n) is 7.03. The third kappa shape index (κ3) is 2.38. The van der Waals surface area contributed by atoms with E-state index in [9.17, 15) is 0 Å². The Labute approximate surface area is 109 Å². The largest absolute Gasteiger partial charge is 0.493 e. The molecule has 0 unspecified atom stereocenters. The lowest BCUT2D eigenvalue weighted by molar-refractivity contribution is 0.0667. The van der Waals surface area contributed by atoms with E-state index >= 15 is 0 Å². The Hall–Kier alpha value is -1.06. The topological polar surface area (TPSA) is 24.5 Å². The summed E-state index contributed by atoms with van der Waals surface area (Å²) in [4.78, 5) is 2.46. The smallest absolute Gasteiger partial charge is 0.122 e. The van der Waals surface area contributed by atoms with Crippen molar-refractivity contribution in [2.45, 2.75) is 19.9 Å². The van der Waals surface area contributed by atoms with Gasteiger partial charge in [-0.2, -0.15) is 0 Å². The van der Waals surface area contributed by atoms with Crippen molar-refractivity contribution >= 4 is 0 Å². The quantitative estimate of drug-likeness (QED) is 0.874. The van der Waals surface area contributed by atoms with Gasteiger partial charge in [-0.05, 0) is 36.7 Å². The second-order valence-corrected chi connectivity index (χ2v) is 5.35. The lowest BCUT2D eigenvalue weighted by atomic mass is 9.99. The van der Waals surface area contributed by atoms with E-state index in [0.29, 0.717) is 0 Å². The summed E-state index contributed by atoms with van der Waals surface area (Å²) >= 11 is 0. The van der Waals surface area contributed by atoms with Gasteiger partial charge in [0.2, 0.25) is 0 Å². The summed E-state index contributed by atoms with van der Waals surface area (Å²) in [5, 5.41) is 3.41. The van der Waals surface area contributed by atoms with Crippen LogP contribution in [0.5, 0.6) is 5.75 Å². The maximum absolute atomic E-state index is 6.05. The van der Waals surface area contributed by atoms with Crippen molar-refractivity contribution in [3.8, 4) is 5.75 Å². The van der Waals surface area contributed by atoms with Crippen LogP contribution in [-0.4, -0.2) is 37.7 Å². The molecule has 2 aliphatic heterocycles. The Morgan fingerprint density at radius 1 is 1.39 bits per heavy atom. The summed E-state index contributed by atoms with van der Waals surface area (Å²) in [5.74, 6) is 1.84. The number of ether oxygens (including phenoxy) is 1. The van der Waals surface area contributed by atoms with Crippen LogP contribution >= 0.6 is 0 Å². The molecule has 1 aromatic carbocycles. The van der Waals surface area contributed by atoms with Crippen LogP contribution in [0.4, 0.5) is 0 Å². The first-order chi connectivity index (χ1) is 8.86. The minimum atomic E-state index is 0.725. The second-order valence-electron chi connectivity index (χ2n) is 5.35. The Kier molecular flexibility index (Phi) is 3.52. The molecule has 0 spiro atoms. The average molecular weight is 246 g/mol. The molecule has 3 heteroatoms. The van der Waals surface area contributed by atoms with Gasteiger partial charge in [0.25, 0.3) is 0 Å². The molecule has 3 nitrogen and oxygen atoms in total. The van der Waals surface area contributed by atoms with Crippen molar-refractivity contribution < 1.29 is 4.74 Å². The number of nitrogens with zero attached hydrogens (tertiary/aromatic N) is 1. The maximum atomic E-state index is 6.05. The van der Waals surface area contributed by atoms with Crippen LogP contribution in [0.1, 0.15) is 18.1 Å². The summed E-state index contributed by atoms with van der Waals surface area (Å²) < 4.78 is 6.05. The van der Waals surface area contributed by atoms with E-state index in [1.165, 1.54) is 30.8 Å². The van der Waals surface area contributed by atoms with Crippen LogP contribution in [0.15, 0.2) is 18.2 Å². The lowest BCUT2D eigenvalue weighted by Crippen LogP contribution is -2.48. The van der Waals surface area contributed by atoms with Crippen LogP contribution in [0.2, 0.25) is 0 Å². The summed E-state index contributed by atoms with van der Waals surface area (Å²) in [6.07, 6.45) is 1.09. The molecular formula is C15H22N2O. The van der Waals surface area contributed by atoms with Crippen LogP contribution in [-0.2, 0) is 13.0 Å². The van der Waals surface area contributed by atoms with Crippen LogP contribution in [0, 0.1) is 5.92 Å². The highest BCUT2D eigenvalue weighted by molar-refractivity contribution is 5.41. The number of nitrogens with one attached hydrogen (secondary N) is 1. The van der Waals surface area contributed by atoms with Gasteiger partial charge < -0.3 is 15.0 Å². The average Bonchev–Trinajstić information content (AvgIpc) is 2.37. The monoisotopic (exact) mass is 246 g/mol. The van der Waals surface area contributed by atoms with Gasteiger partial charge in [0.15, 0.2) is 0 Å². The fourth-order valence-electron chi connectivity index (χ4n) is 2.88. The molecular weight excluding hydrogens is 224 g/mol. The molecule has 0 radical (unpaired) electrons. The SMILES string of the molecule is CCN1CC(COc2cccc3c2CCNC3)C1. The first kappa shape index (κ1) is 12.0. The molecule has 0 saturated carbocycles. The Bertz CT molecular complexity index is 413. The molecule has 0 aromatic heterocycles. The van der Waals surface area contributed by atoms with Gasteiger partial charge in [0.1, 0.15) is 5.75 Å². The minimum absolute atomic E-state index is 0.725. The minimum Gasteiger partial charge on any atom is -0.493 e. The van der Waals surface area contributed by atoms with Crippen LogP contribution in [0.25, 0.3) is 0 Å². The Morgan fingerprint density at radius 2 is 2.28 bits per heavy atom. The molecule has 1 saturated heterocycles. The summed E-state index contributed by atoms with van der Waals surface area (Å²) in [7, 11) is 0. The van der Waals surface area contributed by atoms with Gasteiger partial charge in [-0.1, -0.05) is 19.1 Å². The van der Waals surface area contributed by atoms with E-state index in [-0.39, 0.29) is 0 Å². The molecule has 1 aromatic rings. The van der Waals surface area contributed by atoms with Crippen molar-refractivity contribution in [1.82, 2.24) is 10.2 Å². The number of hydrogen-bond acceptors (Lipinski definition) is 3. The van der Waals surface area contributed by atoms with E-state index < -0.39 is 0 Å². The number of rotatable bonds is 4. The standard InChI is InChI=1S/C15H22N2O/c1-2-17-9-12(10-17)11-18-15-5-3-4-13-8-16-7-6-14(13)15/h3-5,12,16H,2,6-11H2,1H3. The fraction of sp³-hybridized carbons (Fsp3) is 0.600. The molecule has 2 aliphatic rings. The highest BCUT2D eigenvalue weighted by atomic mass is 16.5. The van der Waals surface area contributed by atoms with Crippen LogP contribution < -0.4 is 10.1 Å². The predicted molar refractivity (Wildman–Crippen MR) is 73.0 cm³/mol. The first-order valence-corrected chi connectivity index (χ1v) is 7.03. The van der Waals surface area contributed by atoms with E-state index in [0.717, 1.165) is 37.8 Å². The van der Waals surface area contributed by atoms with Gasteiger partial charge in [0, 0.05) is 25.6 Å². The van der Waals surface area contributed by atoms with Gasteiger partial charge >= 0.3 is 0 Å². The molecule has 0 amide bonds. The molecule has 98 valence electrons. The summed E-state index contributed by atoms with van der Waals surface area (Å²) in [5.41, 5.74) is 2.82. The van der Waals surface area contributed by atoms with Crippen molar-refractivity contribution in [2.24, 2.45) is 5.92 Å². The second kappa shape index (κ2) is 5.29. The fourth-order valence-corrected chi connectivity index (χ4v) is 2.88. The molecule has 3 rings (SSSR count). The van der Waals surface area contributed by atoms with Crippen molar-refractivity contribution in [3.63, 3.8) is 0 Å². The Morgan fingerprint density at radius 3 is 3.11 bits per heavy atom. The van der Waals surface area contributed by atoms with E-state index in [4.69, 9.17) is 4.74 Å². The highest BCUT2D eigenvalue weighted by Crippen LogP contribution is 2.26. The zero-order valence-electron chi connectivity index (χ0n) is 11.1. The molecule has 0 aliphatic carbocycles. The third-order valence-electron chi connectivity index (χ3n) is 4.05. The zero-order valence-corrected chi connectivity index (χ0v) is 11.1. The van der Waals surface area contributed by atoms with Gasteiger partial charge in [0.05, 0.1) is 6.61 Å². The molecule has 0 atom stereocenters. The third-order valence-corrected chi connectivity index (χ3v) is 4.05. The van der Waals surface area contributed by atoms with E-state index in [2.05, 4.69) is 35.3 Å². The van der Waals surface area contributed by atoms with E-state index in [1.807, 2.05) is 0 Å². The van der Waals surface area contributed by atoms with Crippen molar-refractivity contribution in [3.05, 3.63) is 29.3 Å². The highest BCUT2D eigenvalue weighted by Gasteiger charge is 2.26. The Balaban J connectivity index is 1.59. The van der Waals surface area contributed by atoms with Crippen LogP contribution in [0.3, 0.4) is 0 Å². The van der Waals surface area contributed by atoms with Gasteiger partial charge in [-0.25, -0.2) is 0 Å². The van der Waals surface area contributed by atoms with Gasteiger partial charge in [-0.15, -0.1) is 0 Å². The molecule has 18 heavy (non-hydrogen) atoms. The van der Waals surface area contributed by atoms with Gasteiger partial charge in [-0.3, -0.25) is 0 Å². The molecule has 1 N–H and O–H groups in total. The molecule has 1 fully saturated rings. The molecule has 2 heterocycles. The zero-order chi connectivity index (χ0) is 12.4. The van der Waals surface area contributed by atoms with E-state index in [1.54, 1.807) is 0 Å². The van der Waals surface area contributed by atoms with Crippen molar-refractivity contribution in [2.75, 3.05) is 32.8 Å². The summed E-state index contributed by atoms with van der Waals surface area (Å²) in [6.45, 7) is 8.72. The number of benzene rings is 1.